The van der Waals surface area contributed by atoms with Gasteiger partial charge in [-0.2, -0.15) is 0 Å². The van der Waals surface area contributed by atoms with E-state index < -0.39 is 10.8 Å². The molecule has 3 heteroatoms. The normalized spacial score (nSPS) is 12.4. The van der Waals surface area contributed by atoms with Crippen LogP contribution in [0.15, 0.2) is 88.9 Å². The predicted molar refractivity (Wildman–Crippen MR) is 90.7 cm³/mol. The van der Waals surface area contributed by atoms with E-state index in [2.05, 4.69) is 4.98 Å². The summed E-state index contributed by atoms with van der Waals surface area (Å²) < 4.78 is 12.7. The zero-order valence-corrected chi connectivity index (χ0v) is 12.7. The lowest BCUT2D eigenvalue weighted by molar-refractivity contribution is 0.680. The molecule has 0 fully saturated rings. The lowest BCUT2D eigenvalue weighted by atomic mass is 10.1. The van der Waals surface area contributed by atoms with Gasteiger partial charge in [-0.05, 0) is 29.3 Å². The molecule has 22 heavy (non-hydrogen) atoms. The molecule has 0 amide bonds. The highest BCUT2D eigenvalue weighted by atomic mass is 32.2. The summed E-state index contributed by atoms with van der Waals surface area (Å²) in [6.07, 6.45) is 5.68. The molecule has 0 saturated heterocycles. The molecule has 0 N–H and O–H groups in total. The maximum atomic E-state index is 12.7. The van der Waals surface area contributed by atoms with Gasteiger partial charge in [-0.3, -0.25) is 0 Å². The SMILES string of the molecule is O=S(c1ccccn1)c1ccccc1/C=C/c1ccccc1. The van der Waals surface area contributed by atoms with Gasteiger partial charge >= 0.3 is 0 Å². The summed E-state index contributed by atoms with van der Waals surface area (Å²) in [4.78, 5) is 4.96. The molecule has 108 valence electrons. The van der Waals surface area contributed by atoms with Crippen molar-refractivity contribution < 1.29 is 4.21 Å². The van der Waals surface area contributed by atoms with Crippen LogP contribution in [0.3, 0.4) is 0 Å². The van der Waals surface area contributed by atoms with E-state index in [1.165, 1.54) is 0 Å². The highest BCUT2D eigenvalue weighted by molar-refractivity contribution is 7.85. The molecule has 3 rings (SSSR count). The van der Waals surface area contributed by atoms with Crippen molar-refractivity contribution >= 4 is 23.0 Å². The molecule has 0 saturated carbocycles. The molecule has 0 aliphatic heterocycles. The molecule has 2 aromatic carbocycles. The van der Waals surface area contributed by atoms with Crippen LogP contribution in [0.4, 0.5) is 0 Å². The molecular weight excluding hydrogens is 290 g/mol. The topological polar surface area (TPSA) is 30.0 Å². The van der Waals surface area contributed by atoms with Crippen LogP contribution in [-0.2, 0) is 10.8 Å². The first-order valence-corrected chi connectivity index (χ1v) is 8.14. The second kappa shape index (κ2) is 6.96. The zero-order chi connectivity index (χ0) is 15.2. The Morgan fingerprint density at radius 2 is 1.50 bits per heavy atom. The zero-order valence-electron chi connectivity index (χ0n) is 11.9. The van der Waals surface area contributed by atoms with Crippen LogP contribution < -0.4 is 0 Å². The van der Waals surface area contributed by atoms with Gasteiger partial charge in [0.1, 0.15) is 15.8 Å². The molecule has 0 spiro atoms. The van der Waals surface area contributed by atoms with Gasteiger partial charge in [-0.1, -0.05) is 66.7 Å². The Kier molecular flexibility index (Phi) is 4.56. The van der Waals surface area contributed by atoms with Crippen molar-refractivity contribution in [2.75, 3.05) is 0 Å². The summed E-state index contributed by atoms with van der Waals surface area (Å²) in [5.74, 6) is 0. The van der Waals surface area contributed by atoms with Crippen LogP contribution in [0, 0.1) is 0 Å². The average molecular weight is 305 g/mol. The second-order valence-corrected chi connectivity index (χ2v) is 6.11. The van der Waals surface area contributed by atoms with Gasteiger partial charge in [-0.15, -0.1) is 0 Å². The summed E-state index contributed by atoms with van der Waals surface area (Å²) in [6.45, 7) is 0. The molecule has 0 bridgehead atoms. The Balaban J connectivity index is 1.94. The van der Waals surface area contributed by atoms with Gasteiger partial charge < -0.3 is 0 Å². The van der Waals surface area contributed by atoms with Crippen LogP contribution in [0.25, 0.3) is 12.2 Å². The van der Waals surface area contributed by atoms with E-state index >= 15 is 0 Å². The molecule has 1 unspecified atom stereocenters. The molecule has 0 aliphatic carbocycles. The molecule has 1 heterocycles. The minimum Gasteiger partial charge on any atom is -0.247 e. The van der Waals surface area contributed by atoms with E-state index in [9.17, 15) is 4.21 Å². The Morgan fingerprint density at radius 1 is 0.773 bits per heavy atom. The number of rotatable bonds is 4. The van der Waals surface area contributed by atoms with Gasteiger partial charge in [0.15, 0.2) is 0 Å². The first-order valence-electron chi connectivity index (χ1n) is 6.99. The summed E-state index contributed by atoms with van der Waals surface area (Å²) in [5, 5.41) is 0.572. The van der Waals surface area contributed by atoms with Crippen LogP contribution in [-0.4, -0.2) is 9.19 Å². The molecule has 0 aliphatic rings. The van der Waals surface area contributed by atoms with Crippen molar-refractivity contribution in [1.82, 2.24) is 4.98 Å². The Labute approximate surface area is 132 Å². The highest BCUT2D eigenvalue weighted by Gasteiger charge is 2.10. The number of benzene rings is 2. The average Bonchev–Trinajstić information content (AvgIpc) is 2.61. The predicted octanol–water partition coefficient (Wildman–Crippen LogP) is 4.42. The Bertz CT molecular complexity index is 798. The van der Waals surface area contributed by atoms with Crippen LogP contribution in [0.1, 0.15) is 11.1 Å². The third-order valence-corrected chi connectivity index (χ3v) is 4.59. The van der Waals surface area contributed by atoms with Crippen LogP contribution >= 0.6 is 0 Å². The molecule has 1 atom stereocenters. The van der Waals surface area contributed by atoms with Crippen LogP contribution in [0.5, 0.6) is 0 Å². The molecule has 1 aromatic heterocycles. The van der Waals surface area contributed by atoms with E-state index in [0.29, 0.717) is 5.03 Å². The monoisotopic (exact) mass is 305 g/mol. The largest absolute Gasteiger partial charge is 0.247 e. The van der Waals surface area contributed by atoms with Crippen molar-refractivity contribution in [3.8, 4) is 0 Å². The number of pyridine rings is 1. The van der Waals surface area contributed by atoms with Gasteiger partial charge in [0.2, 0.25) is 0 Å². The van der Waals surface area contributed by atoms with E-state index in [-0.39, 0.29) is 0 Å². The van der Waals surface area contributed by atoms with Crippen molar-refractivity contribution in [2.45, 2.75) is 9.92 Å². The third-order valence-electron chi connectivity index (χ3n) is 3.20. The maximum Gasteiger partial charge on any atom is 0.132 e. The van der Waals surface area contributed by atoms with E-state index in [1.54, 1.807) is 12.3 Å². The quantitative estimate of drug-likeness (QED) is 0.668. The number of aromatic nitrogens is 1. The van der Waals surface area contributed by atoms with Gasteiger partial charge in [0, 0.05) is 6.20 Å². The number of hydrogen-bond acceptors (Lipinski definition) is 2. The summed E-state index contributed by atoms with van der Waals surface area (Å²) in [5.41, 5.74) is 2.05. The van der Waals surface area contributed by atoms with E-state index in [1.807, 2.05) is 78.9 Å². The highest BCUT2D eigenvalue weighted by Crippen LogP contribution is 2.20. The number of nitrogens with zero attached hydrogens (tertiary/aromatic N) is 1. The van der Waals surface area contributed by atoms with Gasteiger partial charge in [-0.25, -0.2) is 9.19 Å². The lowest BCUT2D eigenvalue weighted by Crippen LogP contribution is -1.97. The van der Waals surface area contributed by atoms with Crippen LogP contribution in [0.2, 0.25) is 0 Å². The third kappa shape index (κ3) is 3.38. The van der Waals surface area contributed by atoms with Crippen molar-refractivity contribution in [1.29, 1.82) is 0 Å². The summed E-state index contributed by atoms with van der Waals surface area (Å²) in [7, 11) is -1.28. The fourth-order valence-electron chi connectivity index (χ4n) is 2.11. The molecular formula is C19H15NOS. The van der Waals surface area contributed by atoms with Crippen molar-refractivity contribution in [3.63, 3.8) is 0 Å². The first-order chi connectivity index (χ1) is 10.8. The summed E-state index contributed by atoms with van der Waals surface area (Å²) >= 11 is 0. The van der Waals surface area contributed by atoms with E-state index in [0.717, 1.165) is 16.0 Å². The Morgan fingerprint density at radius 3 is 2.27 bits per heavy atom. The summed E-state index contributed by atoms with van der Waals surface area (Å²) in [6, 6.07) is 23.2. The fraction of sp³-hybridized carbons (Fsp3) is 0. The van der Waals surface area contributed by atoms with Gasteiger partial charge in [0.25, 0.3) is 0 Å². The van der Waals surface area contributed by atoms with Crippen molar-refractivity contribution in [3.05, 3.63) is 90.1 Å². The fourth-order valence-corrected chi connectivity index (χ4v) is 3.24. The minimum absolute atomic E-state index is 0.572. The minimum atomic E-state index is -1.28. The second-order valence-electron chi connectivity index (χ2n) is 4.72. The lowest BCUT2D eigenvalue weighted by Gasteiger charge is -2.05. The van der Waals surface area contributed by atoms with E-state index in [4.69, 9.17) is 0 Å². The maximum absolute atomic E-state index is 12.7. The molecule has 3 aromatic rings. The van der Waals surface area contributed by atoms with Crippen molar-refractivity contribution in [2.24, 2.45) is 0 Å². The smallest absolute Gasteiger partial charge is 0.132 e. The van der Waals surface area contributed by atoms with Gasteiger partial charge in [0.05, 0.1) is 4.90 Å². The number of hydrogen-bond donors (Lipinski definition) is 0. The standard InChI is InChI=1S/C19H15NOS/c21-22(19-12-6-7-15-20-19)18-11-5-4-10-17(18)14-13-16-8-2-1-3-9-16/h1-15H/b14-13+. The molecule has 2 nitrogen and oxygen atoms in total. The first kappa shape index (κ1) is 14.4. The molecule has 0 radical (unpaired) electrons. The Hall–Kier alpha value is -2.52.